The van der Waals surface area contributed by atoms with Gasteiger partial charge < -0.3 is 10.2 Å². The monoisotopic (exact) mass is 328 g/mol. The van der Waals surface area contributed by atoms with Gasteiger partial charge in [-0.1, -0.05) is 18.2 Å². The van der Waals surface area contributed by atoms with Crippen molar-refractivity contribution in [3.05, 3.63) is 51.7 Å². The number of rotatable bonds is 4. The lowest BCUT2D eigenvalue weighted by Gasteiger charge is -2.16. The Hall–Kier alpha value is -2.14. The van der Waals surface area contributed by atoms with Crippen LogP contribution in [0.25, 0.3) is 0 Å². The van der Waals surface area contributed by atoms with E-state index in [1.807, 2.05) is 50.5 Å². The van der Waals surface area contributed by atoms with Crippen LogP contribution in [0.1, 0.15) is 34.6 Å². The zero-order chi connectivity index (χ0) is 16.6. The number of anilines is 1. The fourth-order valence-corrected chi connectivity index (χ4v) is 3.63. The number of hydrogen-bond acceptors (Lipinski definition) is 3. The predicted molar refractivity (Wildman–Crippen MR) is 93.2 cm³/mol. The quantitative estimate of drug-likeness (QED) is 0.938. The molecule has 0 atom stereocenters. The first-order valence-electron chi connectivity index (χ1n) is 7.64. The minimum absolute atomic E-state index is 0.0311. The Balaban J connectivity index is 1.68. The third kappa shape index (κ3) is 2.77. The largest absolute Gasteiger partial charge is 0.351 e. The molecule has 0 unspecified atom stereocenters. The molecule has 0 fully saturated rings. The number of amides is 2. The molecular weight excluding hydrogens is 308 g/mol. The molecule has 4 nitrogen and oxygen atoms in total. The summed E-state index contributed by atoms with van der Waals surface area (Å²) in [6.07, 6.45) is 0.748. The molecule has 0 radical (unpaired) electrons. The highest BCUT2D eigenvalue weighted by molar-refractivity contribution is 7.12. The number of hydrogen-bond donors (Lipinski definition) is 1. The molecule has 2 aromatic rings. The number of carbonyl (C=O) groups is 2. The first kappa shape index (κ1) is 15.7. The van der Waals surface area contributed by atoms with Crippen molar-refractivity contribution < 1.29 is 9.59 Å². The molecule has 2 amide bonds. The molecule has 23 heavy (non-hydrogen) atoms. The SMILES string of the molecule is CN1C(=O)C(C)(C)c2cc(CCNC(=O)c3cccs3)ccc21. The summed E-state index contributed by atoms with van der Waals surface area (Å²) in [5.74, 6) is 0.0899. The van der Waals surface area contributed by atoms with Crippen LogP contribution in [0.2, 0.25) is 0 Å². The van der Waals surface area contributed by atoms with Gasteiger partial charge in [-0.05, 0) is 48.9 Å². The van der Waals surface area contributed by atoms with Gasteiger partial charge in [0.15, 0.2) is 0 Å². The molecule has 1 N–H and O–H groups in total. The number of nitrogens with zero attached hydrogens (tertiary/aromatic N) is 1. The molecule has 1 aromatic carbocycles. The van der Waals surface area contributed by atoms with Crippen molar-refractivity contribution in [3.8, 4) is 0 Å². The minimum Gasteiger partial charge on any atom is -0.351 e. The van der Waals surface area contributed by atoms with Gasteiger partial charge in [0, 0.05) is 19.3 Å². The highest BCUT2D eigenvalue weighted by Gasteiger charge is 2.42. The molecule has 0 spiro atoms. The standard InChI is InChI=1S/C18H20N2O2S/c1-18(2)13-11-12(6-7-14(13)20(3)17(18)22)8-9-19-16(21)15-5-4-10-23-15/h4-7,10-11H,8-9H2,1-3H3,(H,19,21). The van der Waals surface area contributed by atoms with Crippen LogP contribution in [0.15, 0.2) is 35.7 Å². The molecule has 1 aliphatic rings. The number of thiophene rings is 1. The van der Waals surface area contributed by atoms with Crippen LogP contribution in [0.5, 0.6) is 0 Å². The zero-order valence-corrected chi connectivity index (χ0v) is 14.4. The van der Waals surface area contributed by atoms with E-state index in [-0.39, 0.29) is 11.8 Å². The second-order valence-electron chi connectivity index (χ2n) is 6.32. The maximum atomic E-state index is 12.3. The van der Waals surface area contributed by atoms with E-state index in [9.17, 15) is 9.59 Å². The Labute approximate surface area is 140 Å². The van der Waals surface area contributed by atoms with E-state index in [1.165, 1.54) is 11.3 Å². The van der Waals surface area contributed by atoms with Crippen molar-refractivity contribution in [1.29, 1.82) is 0 Å². The van der Waals surface area contributed by atoms with Gasteiger partial charge in [-0.2, -0.15) is 0 Å². The Morgan fingerprint density at radius 1 is 1.30 bits per heavy atom. The van der Waals surface area contributed by atoms with E-state index in [2.05, 4.69) is 11.4 Å². The van der Waals surface area contributed by atoms with Crippen LogP contribution >= 0.6 is 11.3 Å². The number of likely N-dealkylation sites (N-methyl/N-ethyl adjacent to an activating group) is 1. The van der Waals surface area contributed by atoms with Crippen molar-refractivity contribution in [2.24, 2.45) is 0 Å². The van der Waals surface area contributed by atoms with Gasteiger partial charge in [-0.25, -0.2) is 0 Å². The molecule has 0 aliphatic carbocycles. The van der Waals surface area contributed by atoms with Crippen LogP contribution in [0.4, 0.5) is 5.69 Å². The average Bonchev–Trinajstić information content (AvgIpc) is 3.12. The Kier molecular flexibility index (Phi) is 3.98. The molecule has 120 valence electrons. The lowest BCUT2D eigenvalue weighted by atomic mass is 9.85. The molecule has 5 heteroatoms. The van der Waals surface area contributed by atoms with Gasteiger partial charge in [-0.15, -0.1) is 11.3 Å². The molecule has 2 heterocycles. The summed E-state index contributed by atoms with van der Waals surface area (Å²) >= 11 is 1.44. The molecule has 0 saturated carbocycles. The Bertz CT molecular complexity index is 750. The van der Waals surface area contributed by atoms with Gasteiger partial charge in [0.05, 0.1) is 10.3 Å². The summed E-state index contributed by atoms with van der Waals surface area (Å²) in [5, 5.41) is 4.83. The van der Waals surface area contributed by atoms with Crippen LogP contribution in [-0.2, 0) is 16.6 Å². The summed E-state index contributed by atoms with van der Waals surface area (Å²) in [6.45, 7) is 4.50. The fraction of sp³-hybridized carbons (Fsp3) is 0.333. The highest BCUT2D eigenvalue weighted by atomic mass is 32.1. The van der Waals surface area contributed by atoms with Gasteiger partial charge in [0.1, 0.15) is 0 Å². The predicted octanol–water partition coefficient (Wildman–Crippen LogP) is 2.97. The van der Waals surface area contributed by atoms with E-state index in [1.54, 1.807) is 4.90 Å². The van der Waals surface area contributed by atoms with Gasteiger partial charge in [-0.3, -0.25) is 9.59 Å². The van der Waals surface area contributed by atoms with E-state index in [4.69, 9.17) is 0 Å². The summed E-state index contributed by atoms with van der Waals surface area (Å²) < 4.78 is 0. The number of nitrogens with one attached hydrogen (secondary N) is 1. The van der Waals surface area contributed by atoms with E-state index in [0.717, 1.165) is 28.1 Å². The zero-order valence-electron chi connectivity index (χ0n) is 13.6. The van der Waals surface area contributed by atoms with Crippen molar-refractivity contribution in [1.82, 2.24) is 5.32 Å². The van der Waals surface area contributed by atoms with Crippen LogP contribution in [0, 0.1) is 0 Å². The first-order chi connectivity index (χ1) is 10.9. The molecule has 1 aliphatic heterocycles. The summed E-state index contributed by atoms with van der Waals surface area (Å²) in [7, 11) is 1.82. The van der Waals surface area contributed by atoms with E-state index < -0.39 is 5.41 Å². The van der Waals surface area contributed by atoms with Crippen LogP contribution in [0.3, 0.4) is 0 Å². The smallest absolute Gasteiger partial charge is 0.261 e. The van der Waals surface area contributed by atoms with Crippen LogP contribution < -0.4 is 10.2 Å². The van der Waals surface area contributed by atoms with Crippen molar-refractivity contribution >= 4 is 28.8 Å². The molecule has 0 saturated heterocycles. The highest BCUT2D eigenvalue weighted by Crippen LogP contribution is 2.41. The lowest BCUT2D eigenvalue weighted by Crippen LogP contribution is -2.33. The summed E-state index contributed by atoms with van der Waals surface area (Å²) in [6, 6.07) is 9.81. The second kappa shape index (κ2) is 5.81. The fourth-order valence-electron chi connectivity index (χ4n) is 2.99. The Morgan fingerprint density at radius 3 is 2.78 bits per heavy atom. The van der Waals surface area contributed by atoms with Crippen molar-refractivity contribution in [2.45, 2.75) is 25.7 Å². The molecule has 0 bridgehead atoms. The third-order valence-electron chi connectivity index (χ3n) is 4.38. The van der Waals surface area contributed by atoms with Gasteiger partial charge in [0.25, 0.3) is 5.91 Å². The topological polar surface area (TPSA) is 49.4 Å². The lowest BCUT2D eigenvalue weighted by molar-refractivity contribution is -0.121. The van der Waals surface area contributed by atoms with E-state index >= 15 is 0 Å². The van der Waals surface area contributed by atoms with E-state index in [0.29, 0.717) is 6.54 Å². The second-order valence-corrected chi connectivity index (χ2v) is 7.27. The number of carbonyl (C=O) groups excluding carboxylic acids is 2. The first-order valence-corrected chi connectivity index (χ1v) is 8.52. The third-order valence-corrected chi connectivity index (χ3v) is 5.25. The molecule has 3 rings (SSSR count). The van der Waals surface area contributed by atoms with Gasteiger partial charge >= 0.3 is 0 Å². The summed E-state index contributed by atoms with van der Waals surface area (Å²) in [5.41, 5.74) is 2.69. The normalized spacial score (nSPS) is 15.6. The summed E-state index contributed by atoms with van der Waals surface area (Å²) in [4.78, 5) is 26.7. The number of fused-ring (bicyclic) bond motifs is 1. The average molecular weight is 328 g/mol. The Morgan fingerprint density at radius 2 is 2.09 bits per heavy atom. The molecular formula is C18H20N2O2S. The van der Waals surface area contributed by atoms with Gasteiger partial charge in [0.2, 0.25) is 5.91 Å². The van der Waals surface area contributed by atoms with Crippen LogP contribution in [-0.4, -0.2) is 25.4 Å². The van der Waals surface area contributed by atoms with Crippen molar-refractivity contribution in [2.75, 3.05) is 18.5 Å². The maximum Gasteiger partial charge on any atom is 0.261 e. The minimum atomic E-state index is -0.486. The maximum absolute atomic E-state index is 12.3. The van der Waals surface area contributed by atoms with Crippen molar-refractivity contribution in [3.63, 3.8) is 0 Å². The number of benzene rings is 1. The molecule has 1 aromatic heterocycles.